The van der Waals surface area contributed by atoms with Crippen LogP contribution in [-0.4, -0.2) is 17.6 Å². The molecule has 1 unspecified atom stereocenters. The van der Waals surface area contributed by atoms with Gasteiger partial charge in [-0.3, -0.25) is 4.79 Å². The zero-order valence-corrected chi connectivity index (χ0v) is 11.9. The van der Waals surface area contributed by atoms with Crippen molar-refractivity contribution in [2.45, 2.75) is 12.5 Å². The lowest BCUT2D eigenvalue weighted by Crippen LogP contribution is -2.06. The van der Waals surface area contributed by atoms with Gasteiger partial charge in [-0.05, 0) is 6.07 Å². The smallest absolute Gasteiger partial charge is 0.260 e. The van der Waals surface area contributed by atoms with Gasteiger partial charge >= 0.3 is 0 Å². The Morgan fingerprint density at radius 3 is 2.59 bits per heavy atom. The highest BCUT2D eigenvalue weighted by molar-refractivity contribution is 6.36. The van der Waals surface area contributed by atoms with Crippen LogP contribution < -0.4 is 5.32 Å². The van der Waals surface area contributed by atoms with Gasteiger partial charge in [-0.1, -0.05) is 42.5 Å². The van der Waals surface area contributed by atoms with E-state index in [4.69, 9.17) is 4.74 Å². The van der Waals surface area contributed by atoms with Gasteiger partial charge < -0.3 is 15.2 Å². The van der Waals surface area contributed by atoms with Gasteiger partial charge in [0.15, 0.2) is 0 Å². The van der Waals surface area contributed by atoms with Crippen molar-refractivity contribution in [1.82, 2.24) is 0 Å². The van der Waals surface area contributed by atoms with E-state index < -0.39 is 0 Å². The predicted molar refractivity (Wildman–Crippen MR) is 83.9 cm³/mol. The minimum atomic E-state index is -0.204. The van der Waals surface area contributed by atoms with Crippen LogP contribution in [0, 0.1) is 0 Å². The molecular formula is C18H15NO3. The maximum absolute atomic E-state index is 12.4. The van der Waals surface area contributed by atoms with Crippen molar-refractivity contribution in [3.8, 4) is 0 Å². The number of amides is 1. The largest absolute Gasteiger partial charge is 0.484 e. The first kappa shape index (κ1) is 13.1. The number of aliphatic hydroxyl groups is 1. The molecule has 1 amide bonds. The molecule has 1 atom stereocenters. The molecule has 0 spiro atoms. The Kier molecular flexibility index (Phi) is 2.98. The summed E-state index contributed by atoms with van der Waals surface area (Å²) in [4.78, 5) is 12.4. The highest BCUT2D eigenvalue weighted by Gasteiger charge is 2.35. The SMILES string of the molecule is O=C1Nc2ccccc2/C1=C1\OC(CCO)c2ccccc21. The molecular weight excluding hydrogens is 278 g/mol. The number of carbonyl (C=O) groups excluding carboxylic acids is 1. The van der Waals surface area contributed by atoms with E-state index in [0.717, 1.165) is 22.4 Å². The van der Waals surface area contributed by atoms with E-state index in [2.05, 4.69) is 5.32 Å². The molecule has 2 aromatic carbocycles. The summed E-state index contributed by atoms with van der Waals surface area (Å²) in [6.45, 7) is 0.0460. The fraction of sp³-hybridized carbons (Fsp3) is 0.167. The van der Waals surface area contributed by atoms with Gasteiger partial charge in [-0.25, -0.2) is 0 Å². The average Bonchev–Trinajstić information content (AvgIpc) is 3.05. The van der Waals surface area contributed by atoms with Crippen molar-refractivity contribution in [1.29, 1.82) is 0 Å². The number of ether oxygens (including phenoxy) is 1. The van der Waals surface area contributed by atoms with E-state index in [1.807, 2.05) is 48.5 Å². The van der Waals surface area contributed by atoms with Crippen LogP contribution >= 0.6 is 0 Å². The van der Waals surface area contributed by atoms with E-state index in [1.165, 1.54) is 0 Å². The lowest BCUT2D eigenvalue weighted by molar-refractivity contribution is -0.110. The highest BCUT2D eigenvalue weighted by Crippen LogP contribution is 2.46. The van der Waals surface area contributed by atoms with Crippen LogP contribution in [0.15, 0.2) is 48.5 Å². The molecule has 0 fully saturated rings. The third-order valence-corrected chi connectivity index (χ3v) is 4.10. The zero-order valence-electron chi connectivity index (χ0n) is 11.9. The summed E-state index contributed by atoms with van der Waals surface area (Å²) in [6.07, 6.45) is 0.307. The number of benzene rings is 2. The first-order valence-electron chi connectivity index (χ1n) is 7.31. The topological polar surface area (TPSA) is 58.6 Å². The van der Waals surface area contributed by atoms with Crippen molar-refractivity contribution in [3.05, 3.63) is 65.2 Å². The molecule has 2 aliphatic rings. The van der Waals surface area contributed by atoms with Crippen molar-refractivity contribution in [2.75, 3.05) is 11.9 Å². The maximum Gasteiger partial charge on any atom is 0.260 e. The van der Waals surface area contributed by atoms with Gasteiger partial charge in [0.25, 0.3) is 5.91 Å². The summed E-state index contributed by atoms with van der Waals surface area (Å²) < 4.78 is 6.04. The number of anilines is 1. The van der Waals surface area contributed by atoms with Gasteiger partial charge in [-0.15, -0.1) is 0 Å². The molecule has 110 valence electrons. The Morgan fingerprint density at radius 1 is 1.05 bits per heavy atom. The van der Waals surface area contributed by atoms with Crippen molar-refractivity contribution < 1.29 is 14.6 Å². The number of hydrogen-bond donors (Lipinski definition) is 2. The molecule has 0 saturated heterocycles. The van der Waals surface area contributed by atoms with Crippen LogP contribution in [0.2, 0.25) is 0 Å². The summed E-state index contributed by atoms with van der Waals surface area (Å²) in [5, 5.41) is 12.1. The number of hydrogen-bond acceptors (Lipinski definition) is 3. The number of rotatable bonds is 2. The van der Waals surface area contributed by atoms with Gasteiger partial charge in [0, 0.05) is 35.4 Å². The van der Waals surface area contributed by atoms with E-state index in [1.54, 1.807) is 0 Å². The molecule has 4 rings (SSSR count). The minimum Gasteiger partial charge on any atom is -0.484 e. The average molecular weight is 293 g/mol. The van der Waals surface area contributed by atoms with Crippen LogP contribution in [0.25, 0.3) is 11.3 Å². The van der Waals surface area contributed by atoms with Crippen LogP contribution in [0.4, 0.5) is 5.69 Å². The minimum absolute atomic E-state index is 0.0460. The lowest BCUT2D eigenvalue weighted by Gasteiger charge is -2.11. The van der Waals surface area contributed by atoms with Crippen molar-refractivity contribution in [3.63, 3.8) is 0 Å². The van der Waals surface area contributed by atoms with Crippen molar-refractivity contribution >= 4 is 22.9 Å². The van der Waals surface area contributed by atoms with E-state index in [-0.39, 0.29) is 18.6 Å². The molecule has 0 aliphatic carbocycles. The normalized spacial score (nSPS) is 22.0. The second kappa shape index (κ2) is 5.00. The second-order valence-corrected chi connectivity index (χ2v) is 5.41. The van der Waals surface area contributed by atoms with E-state index >= 15 is 0 Å². The molecule has 4 heteroatoms. The summed E-state index contributed by atoms with van der Waals surface area (Å²) in [5.74, 6) is 0.465. The molecule has 2 aliphatic heterocycles. The molecule has 0 bridgehead atoms. The van der Waals surface area contributed by atoms with Crippen LogP contribution in [-0.2, 0) is 9.53 Å². The Morgan fingerprint density at radius 2 is 1.77 bits per heavy atom. The van der Waals surface area contributed by atoms with Gasteiger partial charge in [0.05, 0.1) is 5.57 Å². The Balaban J connectivity index is 1.92. The second-order valence-electron chi connectivity index (χ2n) is 5.41. The van der Waals surface area contributed by atoms with E-state index in [9.17, 15) is 9.90 Å². The molecule has 2 aromatic rings. The monoisotopic (exact) mass is 293 g/mol. The maximum atomic E-state index is 12.4. The summed E-state index contributed by atoms with van der Waals surface area (Å²) in [6, 6.07) is 15.4. The van der Waals surface area contributed by atoms with Crippen LogP contribution in [0.3, 0.4) is 0 Å². The number of aliphatic hydroxyl groups excluding tert-OH is 1. The lowest BCUT2D eigenvalue weighted by atomic mass is 9.98. The molecule has 0 saturated carbocycles. The van der Waals surface area contributed by atoms with Gasteiger partial charge in [0.2, 0.25) is 0 Å². The number of nitrogens with one attached hydrogen (secondary N) is 1. The molecule has 22 heavy (non-hydrogen) atoms. The Bertz CT molecular complexity index is 794. The first-order chi connectivity index (χ1) is 10.8. The summed E-state index contributed by atoms with van der Waals surface area (Å²) >= 11 is 0. The molecule has 0 radical (unpaired) electrons. The fourth-order valence-electron chi connectivity index (χ4n) is 3.12. The third kappa shape index (κ3) is 1.84. The predicted octanol–water partition coefficient (Wildman–Crippen LogP) is 2.96. The number of fused-ring (bicyclic) bond motifs is 2. The first-order valence-corrected chi connectivity index (χ1v) is 7.31. The standard InChI is InChI=1S/C18H15NO3/c20-10-9-15-11-5-1-2-6-12(11)17(22-15)16-13-7-3-4-8-14(13)19-18(16)21/h1-8,15,20H,9-10H2,(H,19,21)/b17-16+. The fourth-order valence-corrected chi connectivity index (χ4v) is 3.12. The summed E-state index contributed by atoms with van der Waals surface area (Å²) in [7, 11) is 0. The molecule has 2 N–H and O–H groups in total. The Hall–Kier alpha value is -2.59. The zero-order chi connectivity index (χ0) is 15.1. The highest BCUT2D eigenvalue weighted by atomic mass is 16.5. The summed E-state index contributed by atoms with van der Waals surface area (Å²) in [5.41, 5.74) is 4.20. The van der Waals surface area contributed by atoms with Crippen LogP contribution in [0.1, 0.15) is 29.2 Å². The number of carbonyl (C=O) groups is 1. The molecule has 2 heterocycles. The van der Waals surface area contributed by atoms with E-state index in [0.29, 0.717) is 17.8 Å². The van der Waals surface area contributed by atoms with Gasteiger partial charge in [0.1, 0.15) is 11.9 Å². The number of para-hydroxylation sites is 1. The van der Waals surface area contributed by atoms with Crippen molar-refractivity contribution in [2.24, 2.45) is 0 Å². The quantitative estimate of drug-likeness (QED) is 0.837. The molecule has 0 aromatic heterocycles. The molecule has 4 nitrogen and oxygen atoms in total. The van der Waals surface area contributed by atoms with Gasteiger partial charge in [-0.2, -0.15) is 0 Å². The third-order valence-electron chi connectivity index (χ3n) is 4.10. The Labute approximate surface area is 128 Å². The van der Waals surface area contributed by atoms with Crippen LogP contribution in [0.5, 0.6) is 0 Å².